The SMILES string of the molecule is CC1=C/C(=N/NC(=O)c2cccc(Cl)c2)CC1. The normalized spacial score (nSPS) is 17.1. The molecule has 1 aliphatic carbocycles. The highest BCUT2D eigenvalue weighted by Gasteiger charge is 2.08. The molecule has 3 nitrogen and oxygen atoms in total. The van der Waals surface area contributed by atoms with Crippen molar-refractivity contribution < 1.29 is 4.79 Å². The molecule has 0 saturated heterocycles. The fraction of sp³-hybridized carbons (Fsp3) is 0.231. The Bertz CT molecular complexity index is 506. The molecule has 0 fully saturated rings. The highest BCUT2D eigenvalue weighted by atomic mass is 35.5. The number of rotatable bonds is 2. The van der Waals surface area contributed by atoms with E-state index >= 15 is 0 Å². The first-order chi connectivity index (χ1) is 8.15. The molecule has 0 unspecified atom stereocenters. The number of hydrogen-bond donors (Lipinski definition) is 1. The van der Waals surface area contributed by atoms with Gasteiger partial charge in [-0.15, -0.1) is 0 Å². The van der Waals surface area contributed by atoms with Gasteiger partial charge in [0.15, 0.2) is 0 Å². The average Bonchev–Trinajstić information content (AvgIpc) is 2.72. The highest BCUT2D eigenvalue weighted by Crippen LogP contribution is 2.14. The summed E-state index contributed by atoms with van der Waals surface area (Å²) in [5, 5.41) is 4.62. The molecule has 1 N–H and O–H groups in total. The Morgan fingerprint density at radius 3 is 2.88 bits per heavy atom. The molecule has 17 heavy (non-hydrogen) atoms. The molecule has 1 aromatic carbocycles. The molecule has 0 radical (unpaired) electrons. The molecule has 0 spiro atoms. The Labute approximate surface area is 105 Å². The summed E-state index contributed by atoms with van der Waals surface area (Å²) in [6.45, 7) is 2.06. The molecule has 4 heteroatoms. The zero-order valence-electron chi connectivity index (χ0n) is 9.53. The van der Waals surface area contributed by atoms with E-state index in [2.05, 4.69) is 17.5 Å². The number of benzene rings is 1. The molecule has 0 atom stereocenters. The zero-order valence-corrected chi connectivity index (χ0v) is 10.3. The summed E-state index contributed by atoms with van der Waals surface area (Å²) in [7, 11) is 0. The van der Waals surface area contributed by atoms with Crippen molar-refractivity contribution in [1.82, 2.24) is 5.43 Å². The number of nitrogens with one attached hydrogen (secondary N) is 1. The summed E-state index contributed by atoms with van der Waals surface area (Å²) >= 11 is 5.81. The Balaban J connectivity index is 2.03. The van der Waals surface area contributed by atoms with Gasteiger partial charge in [0.25, 0.3) is 5.91 Å². The molecule has 1 amide bonds. The van der Waals surface area contributed by atoms with Gasteiger partial charge in [-0.2, -0.15) is 5.10 Å². The first-order valence-corrected chi connectivity index (χ1v) is 5.82. The Hall–Kier alpha value is -1.61. The van der Waals surface area contributed by atoms with E-state index in [0.29, 0.717) is 10.6 Å². The standard InChI is InChI=1S/C13H13ClN2O/c1-9-5-6-12(7-9)15-16-13(17)10-3-2-4-11(14)8-10/h2-4,7-8H,5-6H2,1H3,(H,16,17)/b15-12+. The molecular formula is C13H13ClN2O. The van der Waals surface area contributed by atoms with Crippen molar-refractivity contribution in [2.45, 2.75) is 19.8 Å². The highest BCUT2D eigenvalue weighted by molar-refractivity contribution is 6.30. The van der Waals surface area contributed by atoms with E-state index in [1.807, 2.05) is 6.08 Å². The summed E-state index contributed by atoms with van der Waals surface area (Å²) in [6.07, 6.45) is 3.91. The van der Waals surface area contributed by atoms with Crippen molar-refractivity contribution >= 4 is 23.2 Å². The van der Waals surface area contributed by atoms with Crippen LogP contribution in [-0.4, -0.2) is 11.6 Å². The van der Waals surface area contributed by atoms with Crippen LogP contribution in [0.1, 0.15) is 30.1 Å². The maximum absolute atomic E-state index is 11.7. The van der Waals surface area contributed by atoms with E-state index in [1.54, 1.807) is 24.3 Å². The zero-order chi connectivity index (χ0) is 12.3. The minimum Gasteiger partial charge on any atom is -0.267 e. The third-order valence-electron chi connectivity index (χ3n) is 2.58. The predicted molar refractivity (Wildman–Crippen MR) is 69.3 cm³/mol. The van der Waals surface area contributed by atoms with Gasteiger partial charge in [-0.05, 0) is 44.0 Å². The van der Waals surface area contributed by atoms with E-state index in [4.69, 9.17) is 11.6 Å². The van der Waals surface area contributed by atoms with Crippen LogP contribution < -0.4 is 5.43 Å². The predicted octanol–water partition coefficient (Wildman–Crippen LogP) is 3.17. The fourth-order valence-corrected chi connectivity index (χ4v) is 1.85. The molecule has 1 aliphatic rings. The maximum atomic E-state index is 11.7. The van der Waals surface area contributed by atoms with E-state index in [9.17, 15) is 4.79 Å². The summed E-state index contributed by atoms with van der Waals surface area (Å²) in [5.41, 5.74) is 5.26. The molecule has 2 rings (SSSR count). The van der Waals surface area contributed by atoms with E-state index < -0.39 is 0 Å². The van der Waals surface area contributed by atoms with Crippen LogP contribution in [-0.2, 0) is 0 Å². The summed E-state index contributed by atoms with van der Waals surface area (Å²) in [5.74, 6) is -0.238. The molecule has 0 heterocycles. The van der Waals surface area contributed by atoms with Crippen LogP contribution in [0, 0.1) is 0 Å². The van der Waals surface area contributed by atoms with Gasteiger partial charge in [0.2, 0.25) is 0 Å². The second kappa shape index (κ2) is 5.15. The summed E-state index contributed by atoms with van der Waals surface area (Å²) in [6, 6.07) is 6.79. The van der Waals surface area contributed by atoms with Gasteiger partial charge in [0, 0.05) is 10.6 Å². The Kier molecular flexibility index (Phi) is 3.59. The van der Waals surface area contributed by atoms with Crippen molar-refractivity contribution in [2.24, 2.45) is 5.10 Å². The van der Waals surface area contributed by atoms with Crippen molar-refractivity contribution in [2.75, 3.05) is 0 Å². The van der Waals surface area contributed by atoms with Gasteiger partial charge in [-0.1, -0.05) is 23.2 Å². The van der Waals surface area contributed by atoms with Gasteiger partial charge in [0.1, 0.15) is 0 Å². The van der Waals surface area contributed by atoms with Crippen LogP contribution in [0.3, 0.4) is 0 Å². The molecule has 0 aliphatic heterocycles. The van der Waals surface area contributed by atoms with Crippen LogP contribution in [0.25, 0.3) is 0 Å². The minimum absolute atomic E-state index is 0.238. The number of nitrogens with zero attached hydrogens (tertiary/aromatic N) is 1. The largest absolute Gasteiger partial charge is 0.271 e. The number of amides is 1. The molecule has 0 bridgehead atoms. The topological polar surface area (TPSA) is 41.5 Å². The quantitative estimate of drug-likeness (QED) is 0.803. The van der Waals surface area contributed by atoms with Crippen LogP contribution in [0.5, 0.6) is 0 Å². The summed E-state index contributed by atoms with van der Waals surface area (Å²) < 4.78 is 0. The molecular weight excluding hydrogens is 236 g/mol. The lowest BCUT2D eigenvalue weighted by Crippen LogP contribution is -2.18. The second-order valence-electron chi connectivity index (χ2n) is 4.05. The molecule has 88 valence electrons. The maximum Gasteiger partial charge on any atom is 0.271 e. The number of allylic oxidation sites excluding steroid dienone is 2. The smallest absolute Gasteiger partial charge is 0.267 e. The lowest BCUT2D eigenvalue weighted by Gasteiger charge is -2.01. The van der Waals surface area contributed by atoms with Crippen LogP contribution in [0.15, 0.2) is 41.0 Å². The van der Waals surface area contributed by atoms with Gasteiger partial charge in [0.05, 0.1) is 5.71 Å². The van der Waals surface area contributed by atoms with Gasteiger partial charge < -0.3 is 0 Å². The fourth-order valence-electron chi connectivity index (χ4n) is 1.66. The van der Waals surface area contributed by atoms with E-state index in [1.165, 1.54) is 5.57 Å². The Morgan fingerprint density at radius 2 is 2.24 bits per heavy atom. The summed E-state index contributed by atoms with van der Waals surface area (Å²) in [4.78, 5) is 11.7. The third kappa shape index (κ3) is 3.17. The van der Waals surface area contributed by atoms with Crippen molar-refractivity contribution in [3.05, 3.63) is 46.5 Å². The van der Waals surface area contributed by atoms with Crippen LogP contribution in [0.4, 0.5) is 0 Å². The Morgan fingerprint density at radius 1 is 1.41 bits per heavy atom. The molecule has 0 aromatic heterocycles. The number of halogens is 1. The monoisotopic (exact) mass is 248 g/mol. The van der Waals surface area contributed by atoms with Crippen LogP contribution in [0.2, 0.25) is 5.02 Å². The van der Waals surface area contributed by atoms with Crippen molar-refractivity contribution in [3.8, 4) is 0 Å². The molecule has 1 aromatic rings. The first-order valence-electron chi connectivity index (χ1n) is 5.45. The van der Waals surface area contributed by atoms with Gasteiger partial charge in [-0.25, -0.2) is 5.43 Å². The van der Waals surface area contributed by atoms with Crippen LogP contribution >= 0.6 is 11.6 Å². The second-order valence-corrected chi connectivity index (χ2v) is 4.48. The van der Waals surface area contributed by atoms with Gasteiger partial charge in [-0.3, -0.25) is 4.79 Å². The number of hydrogen-bond acceptors (Lipinski definition) is 2. The van der Waals surface area contributed by atoms with Gasteiger partial charge >= 0.3 is 0 Å². The lowest BCUT2D eigenvalue weighted by atomic mass is 10.2. The van der Waals surface area contributed by atoms with Crippen molar-refractivity contribution in [3.63, 3.8) is 0 Å². The number of hydrazone groups is 1. The van der Waals surface area contributed by atoms with E-state index in [-0.39, 0.29) is 5.91 Å². The van der Waals surface area contributed by atoms with E-state index in [0.717, 1.165) is 18.6 Å². The number of carbonyl (C=O) groups is 1. The average molecular weight is 249 g/mol. The molecule has 0 saturated carbocycles. The minimum atomic E-state index is -0.238. The van der Waals surface area contributed by atoms with Crippen molar-refractivity contribution in [1.29, 1.82) is 0 Å². The number of carbonyl (C=O) groups excluding carboxylic acids is 1. The third-order valence-corrected chi connectivity index (χ3v) is 2.81. The lowest BCUT2D eigenvalue weighted by molar-refractivity contribution is 0.0955. The first kappa shape index (κ1) is 11.9.